The van der Waals surface area contributed by atoms with E-state index in [0.29, 0.717) is 17.2 Å². The molecule has 0 aromatic heterocycles. The first kappa shape index (κ1) is 17.0. The zero-order valence-corrected chi connectivity index (χ0v) is 13.3. The first-order chi connectivity index (χ1) is 11.6. The van der Waals surface area contributed by atoms with Crippen molar-refractivity contribution in [3.63, 3.8) is 0 Å². The summed E-state index contributed by atoms with van der Waals surface area (Å²) < 4.78 is 10.2. The Morgan fingerprint density at radius 2 is 1.79 bits per heavy atom. The summed E-state index contributed by atoms with van der Waals surface area (Å²) in [7, 11) is 3.03. The summed E-state index contributed by atoms with van der Waals surface area (Å²) >= 11 is 0. The van der Waals surface area contributed by atoms with E-state index in [1.807, 2.05) is 0 Å². The Labute approximate surface area is 139 Å². The molecule has 7 nitrogen and oxygen atoms in total. The second-order valence-corrected chi connectivity index (χ2v) is 4.63. The normalized spacial score (nSPS) is 10.2. The molecule has 0 heterocycles. The van der Waals surface area contributed by atoms with Crippen molar-refractivity contribution in [2.24, 2.45) is 5.10 Å². The van der Waals surface area contributed by atoms with Crippen molar-refractivity contribution < 1.29 is 19.1 Å². The van der Waals surface area contributed by atoms with Gasteiger partial charge in [0.05, 0.1) is 26.1 Å². The quantitative estimate of drug-likeness (QED) is 0.498. The van der Waals surface area contributed by atoms with Gasteiger partial charge in [-0.05, 0) is 29.8 Å². The van der Waals surface area contributed by atoms with Gasteiger partial charge < -0.3 is 14.8 Å². The lowest BCUT2D eigenvalue weighted by atomic mass is 10.2. The molecule has 7 heteroatoms. The number of nitrogens with one attached hydrogen (secondary N) is 2. The number of para-hydroxylation sites is 2. The van der Waals surface area contributed by atoms with Gasteiger partial charge in [0.25, 0.3) is 0 Å². The van der Waals surface area contributed by atoms with Crippen LogP contribution in [0.25, 0.3) is 0 Å². The van der Waals surface area contributed by atoms with Gasteiger partial charge in [0.1, 0.15) is 11.5 Å². The second kappa shape index (κ2) is 8.33. The van der Waals surface area contributed by atoms with E-state index < -0.39 is 11.8 Å². The van der Waals surface area contributed by atoms with Crippen LogP contribution in [-0.4, -0.2) is 32.2 Å². The highest BCUT2D eigenvalue weighted by molar-refractivity contribution is 6.39. The molecule has 0 unspecified atom stereocenters. The Balaban J connectivity index is 1.94. The fourth-order valence-corrected chi connectivity index (χ4v) is 1.87. The van der Waals surface area contributed by atoms with Crippen LogP contribution in [0.3, 0.4) is 0 Å². The molecule has 2 aromatic rings. The molecule has 0 aliphatic rings. The molecule has 124 valence electrons. The lowest BCUT2D eigenvalue weighted by Gasteiger charge is -2.08. The Morgan fingerprint density at radius 1 is 1.00 bits per heavy atom. The number of hydrazone groups is 1. The topological polar surface area (TPSA) is 89.0 Å². The van der Waals surface area contributed by atoms with Crippen molar-refractivity contribution in [3.8, 4) is 11.5 Å². The zero-order chi connectivity index (χ0) is 17.4. The van der Waals surface area contributed by atoms with E-state index in [1.165, 1.54) is 13.3 Å². The molecular formula is C17H17N3O4. The summed E-state index contributed by atoms with van der Waals surface area (Å²) in [5.41, 5.74) is 3.28. The predicted octanol–water partition coefficient (Wildman–Crippen LogP) is 1.79. The molecule has 0 saturated heterocycles. The molecule has 0 fully saturated rings. The number of carbonyl (C=O) groups excluding carboxylic acids is 2. The van der Waals surface area contributed by atoms with E-state index in [1.54, 1.807) is 55.6 Å². The van der Waals surface area contributed by atoms with Crippen molar-refractivity contribution in [1.82, 2.24) is 5.43 Å². The fourth-order valence-electron chi connectivity index (χ4n) is 1.87. The second-order valence-electron chi connectivity index (χ2n) is 4.63. The standard InChI is InChI=1S/C17H17N3O4/c1-23-13-7-5-6-12(10-13)11-18-20-17(22)16(21)19-14-8-3-4-9-15(14)24-2/h3-11H,1-2H3,(H,19,21)(H,20,22)/b18-11-. The first-order valence-electron chi connectivity index (χ1n) is 7.05. The molecule has 0 saturated carbocycles. The molecule has 0 bridgehead atoms. The van der Waals surface area contributed by atoms with E-state index in [9.17, 15) is 9.59 Å². The molecule has 0 spiro atoms. The maximum atomic E-state index is 11.9. The number of hydrogen-bond donors (Lipinski definition) is 2. The Morgan fingerprint density at radius 3 is 2.54 bits per heavy atom. The van der Waals surface area contributed by atoms with Gasteiger partial charge in [-0.3, -0.25) is 9.59 Å². The van der Waals surface area contributed by atoms with Gasteiger partial charge in [0, 0.05) is 0 Å². The number of carbonyl (C=O) groups is 2. The zero-order valence-electron chi connectivity index (χ0n) is 13.3. The number of ether oxygens (including phenoxy) is 2. The van der Waals surface area contributed by atoms with Gasteiger partial charge in [-0.2, -0.15) is 5.10 Å². The number of amides is 2. The molecule has 2 rings (SSSR count). The van der Waals surface area contributed by atoms with E-state index in [4.69, 9.17) is 9.47 Å². The minimum Gasteiger partial charge on any atom is -0.497 e. The molecule has 0 atom stereocenters. The maximum Gasteiger partial charge on any atom is 0.329 e. The van der Waals surface area contributed by atoms with E-state index in [2.05, 4.69) is 15.8 Å². The van der Waals surface area contributed by atoms with E-state index in [-0.39, 0.29) is 0 Å². The van der Waals surface area contributed by atoms with Crippen molar-refractivity contribution >= 4 is 23.7 Å². The van der Waals surface area contributed by atoms with Gasteiger partial charge in [0.15, 0.2) is 0 Å². The van der Waals surface area contributed by atoms with Gasteiger partial charge >= 0.3 is 11.8 Å². The number of anilines is 1. The van der Waals surface area contributed by atoms with Gasteiger partial charge in [0.2, 0.25) is 0 Å². The average Bonchev–Trinajstić information content (AvgIpc) is 2.62. The van der Waals surface area contributed by atoms with E-state index in [0.717, 1.165) is 5.56 Å². The van der Waals surface area contributed by atoms with Gasteiger partial charge in [-0.1, -0.05) is 24.3 Å². The highest BCUT2D eigenvalue weighted by atomic mass is 16.5. The van der Waals surface area contributed by atoms with Crippen LogP contribution in [0.5, 0.6) is 11.5 Å². The first-order valence-corrected chi connectivity index (χ1v) is 7.05. The van der Waals surface area contributed by atoms with Crippen LogP contribution in [-0.2, 0) is 9.59 Å². The summed E-state index contributed by atoms with van der Waals surface area (Å²) in [6.07, 6.45) is 1.41. The Bertz CT molecular complexity index is 759. The van der Waals surface area contributed by atoms with Crippen molar-refractivity contribution in [2.75, 3.05) is 19.5 Å². The Kier molecular flexibility index (Phi) is 5.90. The largest absolute Gasteiger partial charge is 0.497 e. The van der Waals surface area contributed by atoms with Crippen LogP contribution in [0, 0.1) is 0 Å². The number of benzene rings is 2. The third-order valence-corrected chi connectivity index (χ3v) is 3.03. The van der Waals surface area contributed by atoms with Gasteiger partial charge in [-0.15, -0.1) is 0 Å². The average molecular weight is 327 g/mol. The SMILES string of the molecule is COc1cccc(/C=N\NC(=O)C(=O)Nc2ccccc2OC)c1. The van der Waals surface area contributed by atoms with Crippen LogP contribution in [0.4, 0.5) is 5.69 Å². The summed E-state index contributed by atoms with van der Waals surface area (Å²) in [4.78, 5) is 23.6. The number of rotatable bonds is 5. The summed E-state index contributed by atoms with van der Waals surface area (Å²) in [5.74, 6) is -0.611. The third kappa shape index (κ3) is 4.57. The number of methoxy groups -OCH3 is 2. The van der Waals surface area contributed by atoms with E-state index >= 15 is 0 Å². The molecule has 0 aliphatic carbocycles. The smallest absolute Gasteiger partial charge is 0.329 e. The van der Waals surface area contributed by atoms with Gasteiger partial charge in [-0.25, -0.2) is 5.43 Å². The van der Waals surface area contributed by atoms with Crippen LogP contribution in [0.2, 0.25) is 0 Å². The number of nitrogens with zero attached hydrogens (tertiary/aromatic N) is 1. The van der Waals surface area contributed by atoms with Crippen molar-refractivity contribution in [1.29, 1.82) is 0 Å². The molecular weight excluding hydrogens is 310 g/mol. The van der Waals surface area contributed by atoms with Crippen LogP contribution < -0.4 is 20.2 Å². The minimum absolute atomic E-state index is 0.400. The molecule has 2 aromatic carbocycles. The number of hydrogen-bond acceptors (Lipinski definition) is 5. The lowest BCUT2D eigenvalue weighted by molar-refractivity contribution is -0.136. The molecule has 24 heavy (non-hydrogen) atoms. The summed E-state index contributed by atoms with van der Waals surface area (Å²) in [6.45, 7) is 0. The summed E-state index contributed by atoms with van der Waals surface area (Å²) in [5, 5.41) is 6.21. The lowest BCUT2D eigenvalue weighted by Crippen LogP contribution is -2.32. The molecule has 0 radical (unpaired) electrons. The maximum absolute atomic E-state index is 11.9. The van der Waals surface area contributed by atoms with Crippen molar-refractivity contribution in [2.45, 2.75) is 0 Å². The molecule has 0 aliphatic heterocycles. The fraction of sp³-hybridized carbons (Fsp3) is 0.118. The molecule has 2 N–H and O–H groups in total. The van der Waals surface area contributed by atoms with Crippen LogP contribution in [0.15, 0.2) is 53.6 Å². The highest BCUT2D eigenvalue weighted by Gasteiger charge is 2.14. The van der Waals surface area contributed by atoms with Crippen LogP contribution >= 0.6 is 0 Å². The monoisotopic (exact) mass is 327 g/mol. The van der Waals surface area contributed by atoms with Crippen molar-refractivity contribution in [3.05, 3.63) is 54.1 Å². The van der Waals surface area contributed by atoms with Crippen LogP contribution in [0.1, 0.15) is 5.56 Å². The highest BCUT2D eigenvalue weighted by Crippen LogP contribution is 2.22. The minimum atomic E-state index is -0.889. The molecule has 2 amide bonds. The predicted molar refractivity (Wildman–Crippen MR) is 90.4 cm³/mol. The summed E-state index contributed by atoms with van der Waals surface area (Å²) in [6, 6.07) is 13.9. The Hall–Kier alpha value is -3.35. The third-order valence-electron chi connectivity index (χ3n) is 3.03.